The second-order valence-corrected chi connectivity index (χ2v) is 13.7. The van der Waals surface area contributed by atoms with E-state index < -0.39 is 0 Å². The average Bonchev–Trinajstić information content (AvgIpc) is 3.63. The maximum absolute atomic E-state index is 12.3. The molecule has 0 spiro atoms. The van der Waals surface area contributed by atoms with Crippen molar-refractivity contribution in [1.29, 1.82) is 0 Å². The lowest BCUT2D eigenvalue weighted by Gasteiger charge is -2.26. The first-order valence-electron chi connectivity index (χ1n) is 18.0. The molecule has 2 aliphatic rings. The lowest BCUT2D eigenvalue weighted by molar-refractivity contribution is -0.134. The zero-order valence-corrected chi connectivity index (χ0v) is 29.6. The molecular formula is C38H55N5O6S. The van der Waals surface area contributed by atoms with Crippen molar-refractivity contribution in [2.24, 2.45) is 0 Å². The van der Waals surface area contributed by atoms with E-state index in [4.69, 9.17) is 14.5 Å². The van der Waals surface area contributed by atoms with Crippen molar-refractivity contribution in [2.45, 2.75) is 83.0 Å². The van der Waals surface area contributed by atoms with Gasteiger partial charge < -0.3 is 25.0 Å². The predicted molar refractivity (Wildman–Crippen MR) is 202 cm³/mol. The largest absolute Gasteiger partial charge is 0.494 e. The molecule has 3 heterocycles. The highest BCUT2D eigenvalue weighted by molar-refractivity contribution is 7.14. The molecule has 3 N–H and O–H groups in total. The second kappa shape index (κ2) is 19.8. The summed E-state index contributed by atoms with van der Waals surface area (Å²) in [5.41, 5.74) is 3.58. The number of carbonyl (C=O) groups is 4. The third-order valence-corrected chi connectivity index (χ3v) is 9.88. The SMILES string of the molecule is O=C(CCCCCCCCOc1ccc(-c2csc(N3CCOCC3)n2)cc1)NCCCCC(=O)Nc1ccc(C2CCC(=O)NC2=O)cc1.[HH].[HH].[HH]. The Kier molecular flexibility index (Phi) is 14.6. The Morgan fingerprint density at radius 1 is 0.900 bits per heavy atom. The first kappa shape index (κ1) is 37.0. The van der Waals surface area contributed by atoms with E-state index in [0.717, 1.165) is 99.0 Å². The summed E-state index contributed by atoms with van der Waals surface area (Å²) in [5.74, 6) is 0.00476. The van der Waals surface area contributed by atoms with Crippen LogP contribution in [0.25, 0.3) is 11.3 Å². The molecule has 50 heavy (non-hydrogen) atoms. The van der Waals surface area contributed by atoms with Gasteiger partial charge in [0.15, 0.2) is 5.13 Å². The summed E-state index contributed by atoms with van der Waals surface area (Å²) in [6.07, 6.45) is 9.41. The molecule has 3 aromatic rings. The van der Waals surface area contributed by atoms with Gasteiger partial charge >= 0.3 is 0 Å². The van der Waals surface area contributed by atoms with E-state index in [-0.39, 0.29) is 33.8 Å². The molecule has 2 fully saturated rings. The number of rotatable bonds is 19. The average molecular weight is 710 g/mol. The minimum absolute atomic E-state index is 0. The number of thiazole rings is 1. The Morgan fingerprint density at radius 3 is 2.36 bits per heavy atom. The number of nitrogens with one attached hydrogen (secondary N) is 3. The molecule has 1 unspecified atom stereocenters. The lowest BCUT2D eigenvalue weighted by Crippen LogP contribution is -2.39. The number of imide groups is 1. The van der Waals surface area contributed by atoms with Gasteiger partial charge in [-0.25, -0.2) is 4.98 Å². The van der Waals surface area contributed by atoms with Gasteiger partial charge in [-0.15, -0.1) is 11.3 Å². The molecule has 274 valence electrons. The minimum Gasteiger partial charge on any atom is -0.494 e. The van der Waals surface area contributed by atoms with E-state index in [0.29, 0.717) is 50.9 Å². The maximum atomic E-state index is 12.3. The number of piperidine rings is 1. The van der Waals surface area contributed by atoms with E-state index >= 15 is 0 Å². The number of hydrogen-bond donors (Lipinski definition) is 3. The van der Waals surface area contributed by atoms with Gasteiger partial charge in [0, 0.05) is 59.8 Å². The third-order valence-electron chi connectivity index (χ3n) is 8.98. The van der Waals surface area contributed by atoms with Crippen molar-refractivity contribution in [3.8, 4) is 17.0 Å². The standard InChI is InChI=1S/C38H49N5O6S.3H2/c44-34(39-21-7-6-10-35(45)40-30-15-11-28(12-16-30)32-19-20-36(46)42-37(32)47)9-5-3-1-2-4-8-24-49-31-17-13-29(14-18-31)33-27-50-38(41-33)43-22-25-48-26-23-43;;;/h11-18,27,32H,1-10,19-26H2,(H,39,44)(H,40,45)(H,42,46,47);3*1H. The second-order valence-electron chi connectivity index (χ2n) is 12.8. The van der Waals surface area contributed by atoms with Gasteiger partial charge in [-0.3, -0.25) is 24.5 Å². The molecule has 0 radical (unpaired) electrons. The predicted octanol–water partition coefficient (Wildman–Crippen LogP) is 6.94. The molecule has 2 aromatic carbocycles. The van der Waals surface area contributed by atoms with Gasteiger partial charge in [-0.1, -0.05) is 37.8 Å². The van der Waals surface area contributed by atoms with Crippen LogP contribution < -0.4 is 25.6 Å². The van der Waals surface area contributed by atoms with Crippen molar-refractivity contribution < 1.29 is 32.9 Å². The number of morpholine rings is 1. The summed E-state index contributed by atoms with van der Waals surface area (Å²) in [6.45, 7) is 4.55. The highest BCUT2D eigenvalue weighted by atomic mass is 32.1. The van der Waals surface area contributed by atoms with Crippen molar-refractivity contribution in [2.75, 3.05) is 49.7 Å². The summed E-state index contributed by atoms with van der Waals surface area (Å²) in [5, 5.41) is 11.4. The number of benzene rings is 2. The first-order chi connectivity index (χ1) is 24.4. The van der Waals surface area contributed by atoms with Gasteiger partial charge in [0.25, 0.3) is 0 Å². The van der Waals surface area contributed by atoms with Crippen LogP contribution in [0, 0.1) is 0 Å². The molecule has 4 amide bonds. The van der Waals surface area contributed by atoms with Gasteiger partial charge in [-0.2, -0.15) is 0 Å². The Hall–Kier alpha value is -4.29. The smallest absolute Gasteiger partial charge is 0.234 e. The van der Waals surface area contributed by atoms with Gasteiger partial charge in [0.2, 0.25) is 23.6 Å². The molecule has 2 aliphatic heterocycles. The Morgan fingerprint density at radius 2 is 1.60 bits per heavy atom. The summed E-state index contributed by atoms with van der Waals surface area (Å²) >= 11 is 1.68. The first-order valence-corrected chi connectivity index (χ1v) is 18.8. The zero-order chi connectivity index (χ0) is 35.0. The Labute approximate surface area is 303 Å². The van der Waals surface area contributed by atoms with Crippen molar-refractivity contribution in [3.63, 3.8) is 0 Å². The number of anilines is 2. The summed E-state index contributed by atoms with van der Waals surface area (Å²) in [4.78, 5) is 55.0. The molecule has 0 aliphatic carbocycles. The van der Waals surface area contributed by atoms with Crippen LogP contribution in [0.4, 0.5) is 10.8 Å². The van der Waals surface area contributed by atoms with Crippen LogP contribution in [-0.2, 0) is 23.9 Å². The highest BCUT2D eigenvalue weighted by Crippen LogP contribution is 2.29. The zero-order valence-electron chi connectivity index (χ0n) is 28.8. The van der Waals surface area contributed by atoms with Crippen LogP contribution in [0.15, 0.2) is 53.9 Å². The Balaban J connectivity index is 0.00000324. The topological polar surface area (TPSA) is 139 Å². The molecule has 0 saturated carbocycles. The van der Waals surface area contributed by atoms with Crippen LogP contribution >= 0.6 is 11.3 Å². The fourth-order valence-corrected chi connectivity index (χ4v) is 6.95. The van der Waals surface area contributed by atoms with Gasteiger partial charge in [-0.05, 0) is 74.1 Å². The maximum Gasteiger partial charge on any atom is 0.234 e. The molecule has 12 heteroatoms. The molecule has 1 aromatic heterocycles. The quantitative estimate of drug-likeness (QED) is 0.0899. The van der Waals surface area contributed by atoms with E-state index in [1.807, 2.05) is 24.3 Å². The number of nitrogens with zero attached hydrogens (tertiary/aromatic N) is 2. The fraction of sp³-hybridized carbons (Fsp3) is 0.500. The summed E-state index contributed by atoms with van der Waals surface area (Å²) in [7, 11) is 0. The number of carbonyl (C=O) groups excluding carboxylic acids is 4. The van der Waals surface area contributed by atoms with Crippen LogP contribution in [0.5, 0.6) is 5.75 Å². The molecule has 1 atom stereocenters. The number of hydrogen-bond acceptors (Lipinski definition) is 9. The number of unbranched alkanes of at least 4 members (excludes halogenated alkanes) is 6. The van der Waals surface area contributed by atoms with Crippen molar-refractivity contribution in [3.05, 3.63) is 59.5 Å². The van der Waals surface area contributed by atoms with Crippen molar-refractivity contribution >= 4 is 45.8 Å². The minimum atomic E-state index is -0.342. The normalized spacial score (nSPS) is 16.2. The number of aromatic nitrogens is 1. The van der Waals surface area contributed by atoms with E-state index in [9.17, 15) is 19.2 Å². The molecule has 2 saturated heterocycles. The monoisotopic (exact) mass is 709 g/mol. The fourth-order valence-electron chi connectivity index (χ4n) is 6.06. The molecule has 11 nitrogen and oxygen atoms in total. The van der Waals surface area contributed by atoms with Crippen LogP contribution in [0.2, 0.25) is 0 Å². The molecule has 5 rings (SSSR count). The number of ether oxygens (including phenoxy) is 2. The van der Waals surface area contributed by atoms with E-state index in [2.05, 4.69) is 38.4 Å². The summed E-state index contributed by atoms with van der Waals surface area (Å²) in [6, 6.07) is 15.3. The molecule has 0 bridgehead atoms. The van der Waals surface area contributed by atoms with Gasteiger partial charge in [0.05, 0.1) is 31.4 Å². The van der Waals surface area contributed by atoms with Gasteiger partial charge in [0.1, 0.15) is 5.75 Å². The summed E-state index contributed by atoms with van der Waals surface area (Å²) < 4.78 is 11.4. The van der Waals surface area contributed by atoms with Crippen LogP contribution in [-0.4, -0.2) is 68.1 Å². The van der Waals surface area contributed by atoms with Crippen LogP contribution in [0.1, 0.15) is 92.8 Å². The van der Waals surface area contributed by atoms with E-state index in [1.165, 1.54) is 0 Å². The third kappa shape index (κ3) is 11.9. The Bertz CT molecular complexity index is 1550. The van der Waals surface area contributed by atoms with E-state index in [1.54, 1.807) is 23.5 Å². The van der Waals surface area contributed by atoms with Crippen LogP contribution in [0.3, 0.4) is 0 Å². The number of amides is 4. The van der Waals surface area contributed by atoms with Crippen molar-refractivity contribution in [1.82, 2.24) is 15.6 Å². The lowest BCUT2D eigenvalue weighted by atomic mass is 9.90. The molecular weight excluding hydrogens is 655 g/mol. The highest BCUT2D eigenvalue weighted by Gasteiger charge is 2.27.